The molecular weight excluding hydrogens is 335 g/mol. The lowest BCUT2D eigenvalue weighted by Crippen LogP contribution is -2.41. The molecule has 1 aromatic heterocycles. The molecule has 3 rings (SSSR count). The number of benzene rings is 1. The van der Waals surface area contributed by atoms with Crippen molar-refractivity contribution in [1.82, 2.24) is 15.1 Å². The molecule has 1 aliphatic carbocycles. The van der Waals surface area contributed by atoms with Crippen LogP contribution in [-0.2, 0) is 13.2 Å². The van der Waals surface area contributed by atoms with Crippen LogP contribution in [0.3, 0.4) is 0 Å². The Hall–Kier alpha value is -2.35. The molecule has 5 nitrogen and oxygen atoms in total. The number of alkyl halides is 3. The highest BCUT2D eigenvalue weighted by Crippen LogP contribution is 2.38. The van der Waals surface area contributed by atoms with E-state index < -0.39 is 29.8 Å². The molecule has 1 atom stereocenters. The molecule has 1 fully saturated rings. The van der Waals surface area contributed by atoms with Crippen LogP contribution >= 0.6 is 0 Å². The Bertz CT molecular complexity index is 766. The Kier molecular flexibility index (Phi) is 4.55. The number of aliphatic hydroxyl groups is 1. The first-order valence-corrected chi connectivity index (χ1v) is 7.89. The van der Waals surface area contributed by atoms with Gasteiger partial charge >= 0.3 is 6.18 Å². The Labute approximate surface area is 142 Å². The number of hydrogen-bond donors (Lipinski definition) is 2. The standard InChI is InChI=1S/C17H18F3N3O2/c1-23-9-12(8-21-23)15(11-6-14(24)7-11)22-16(25)10-3-2-4-13(5-10)17(18,19)20/h2-5,8-9,11,14-15,24H,6-7H2,1H3,(H,22,25)/t11?,14?,15-/m0/s1. The Morgan fingerprint density at radius 3 is 2.68 bits per heavy atom. The van der Waals surface area contributed by atoms with Gasteiger partial charge in [-0.1, -0.05) is 6.07 Å². The van der Waals surface area contributed by atoms with E-state index in [9.17, 15) is 23.1 Å². The molecular formula is C17H18F3N3O2. The van der Waals surface area contributed by atoms with Crippen LogP contribution in [0.15, 0.2) is 36.7 Å². The molecule has 134 valence electrons. The molecule has 1 heterocycles. The number of carbonyl (C=O) groups excluding carboxylic acids is 1. The number of aryl methyl sites for hydroxylation is 1. The summed E-state index contributed by atoms with van der Waals surface area (Å²) in [7, 11) is 1.74. The van der Waals surface area contributed by atoms with Crippen molar-refractivity contribution in [3.63, 3.8) is 0 Å². The molecule has 8 heteroatoms. The zero-order chi connectivity index (χ0) is 18.2. The molecule has 0 unspecified atom stereocenters. The molecule has 25 heavy (non-hydrogen) atoms. The third kappa shape index (κ3) is 3.84. The maximum Gasteiger partial charge on any atom is 0.416 e. The van der Waals surface area contributed by atoms with Crippen molar-refractivity contribution in [2.45, 2.75) is 31.2 Å². The number of aromatic nitrogens is 2. The molecule has 1 saturated carbocycles. The smallest absolute Gasteiger partial charge is 0.393 e. The SMILES string of the molecule is Cn1cc([C@@H](NC(=O)c2cccc(C(F)(F)F)c2)C2CC(O)C2)cn1. The van der Waals surface area contributed by atoms with Crippen LogP contribution < -0.4 is 5.32 Å². The van der Waals surface area contributed by atoms with Crippen molar-refractivity contribution >= 4 is 5.91 Å². The number of rotatable bonds is 4. The summed E-state index contributed by atoms with van der Waals surface area (Å²) in [6, 6.07) is 3.92. The van der Waals surface area contributed by atoms with Gasteiger partial charge in [-0.25, -0.2) is 0 Å². The van der Waals surface area contributed by atoms with Crippen molar-refractivity contribution in [2.75, 3.05) is 0 Å². The van der Waals surface area contributed by atoms with E-state index in [-0.39, 0.29) is 11.5 Å². The first-order chi connectivity index (χ1) is 11.7. The number of nitrogens with one attached hydrogen (secondary N) is 1. The summed E-state index contributed by atoms with van der Waals surface area (Å²) >= 11 is 0. The van der Waals surface area contributed by atoms with Crippen molar-refractivity contribution in [3.05, 3.63) is 53.3 Å². The van der Waals surface area contributed by atoms with Crippen molar-refractivity contribution in [2.24, 2.45) is 13.0 Å². The van der Waals surface area contributed by atoms with Gasteiger partial charge in [0.25, 0.3) is 5.91 Å². The van der Waals surface area contributed by atoms with Crippen LogP contribution in [0.5, 0.6) is 0 Å². The van der Waals surface area contributed by atoms with Crippen LogP contribution in [0.25, 0.3) is 0 Å². The van der Waals surface area contributed by atoms with E-state index >= 15 is 0 Å². The molecule has 0 aliphatic heterocycles. The Morgan fingerprint density at radius 2 is 2.12 bits per heavy atom. The van der Waals surface area contributed by atoms with Gasteiger partial charge in [0, 0.05) is 24.4 Å². The predicted octanol–water partition coefficient (Wildman–Crippen LogP) is 2.68. The minimum atomic E-state index is -4.50. The molecule has 1 aliphatic rings. The minimum absolute atomic E-state index is 0.0222. The van der Waals surface area contributed by atoms with Gasteiger partial charge < -0.3 is 10.4 Å². The molecule has 2 N–H and O–H groups in total. The van der Waals surface area contributed by atoms with Crippen molar-refractivity contribution in [3.8, 4) is 0 Å². The molecule has 0 saturated heterocycles. The maximum absolute atomic E-state index is 12.8. The van der Waals surface area contributed by atoms with Gasteiger partial charge in [-0.05, 0) is 37.0 Å². The zero-order valence-corrected chi connectivity index (χ0v) is 13.5. The first kappa shape index (κ1) is 17.5. The maximum atomic E-state index is 12.8. The monoisotopic (exact) mass is 353 g/mol. The number of aliphatic hydroxyl groups excluding tert-OH is 1. The van der Waals surface area contributed by atoms with Gasteiger partial charge in [-0.2, -0.15) is 18.3 Å². The van der Waals surface area contributed by atoms with E-state index in [4.69, 9.17) is 0 Å². The summed E-state index contributed by atoms with van der Waals surface area (Å²) in [6.07, 6.45) is -0.486. The van der Waals surface area contributed by atoms with Crippen LogP contribution in [0, 0.1) is 5.92 Å². The van der Waals surface area contributed by atoms with Crippen LogP contribution in [0.4, 0.5) is 13.2 Å². The second-order valence-corrected chi connectivity index (χ2v) is 6.36. The van der Waals surface area contributed by atoms with Gasteiger partial charge in [0.15, 0.2) is 0 Å². The van der Waals surface area contributed by atoms with E-state index in [1.54, 1.807) is 24.1 Å². The minimum Gasteiger partial charge on any atom is -0.393 e. The summed E-state index contributed by atoms with van der Waals surface area (Å²) < 4.78 is 40.1. The van der Waals surface area contributed by atoms with E-state index in [0.717, 1.165) is 17.7 Å². The topological polar surface area (TPSA) is 67.2 Å². The molecule has 1 amide bonds. The summed E-state index contributed by atoms with van der Waals surface area (Å²) in [4.78, 5) is 12.5. The van der Waals surface area contributed by atoms with Gasteiger partial charge in [0.1, 0.15) is 0 Å². The second kappa shape index (κ2) is 6.51. The van der Waals surface area contributed by atoms with Crippen LogP contribution in [-0.4, -0.2) is 26.9 Å². The highest BCUT2D eigenvalue weighted by Gasteiger charge is 2.37. The van der Waals surface area contributed by atoms with E-state index in [0.29, 0.717) is 12.8 Å². The lowest BCUT2D eigenvalue weighted by atomic mass is 9.75. The largest absolute Gasteiger partial charge is 0.416 e. The van der Waals surface area contributed by atoms with E-state index in [2.05, 4.69) is 10.4 Å². The normalized spacial score (nSPS) is 21.5. The third-order valence-electron chi connectivity index (χ3n) is 4.44. The average molecular weight is 353 g/mol. The predicted molar refractivity (Wildman–Crippen MR) is 83.6 cm³/mol. The lowest BCUT2D eigenvalue weighted by Gasteiger charge is -2.37. The Balaban J connectivity index is 1.81. The second-order valence-electron chi connectivity index (χ2n) is 6.36. The van der Waals surface area contributed by atoms with Crippen molar-refractivity contribution in [1.29, 1.82) is 0 Å². The summed E-state index contributed by atoms with van der Waals surface area (Å²) in [5.41, 5.74) is -0.152. The van der Waals surface area contributed by atoms with Crippen LogP contribution in [0.2, 0.25) is 0 Å². The van der Waals surface area contributed by atoms with Gasteiger partial charge in [-0.15, -0.1) is 0 Å². The summed E-state index contributed by atoms with van der Waals surface area (Å²) in [6.45, 7) is 0. The number of carbonyl (C=O) groups is 1. The number of hydrogen-bond acceptors (Lipinski definition) is 3. The van der Waals surface area contributed by atoms with Crippen LogP contribution in [0.1, 0.15) is 40.4 Å². The molecule has 0 bridgehead atoms. The zero-order valence-electron chi connectivity index (χ0n) is 13.5. The molecule has 0 spiro atoms. The number of nitrogens with zero attached hydrogens (tertiary/aromatic N) is 2. The highest BCUT2D eigenvalue weighted by molar-refractivity contribution is 5.94. The van der Waals surface area contributed by atoms with Crippen molar-refractivity contribution < 1.29 is 23.1 Å². The van der Waals surface area contributed by atoms with Gasteiger partial charge in [0.05, 0.1) is 23.9 Å². The first-order valence-electron chi connectivity index (χ1n) is 7.89. The number of halogens is 3. The van der Waals surface area contributed by atoms with E-state index in [1.807, 2.05) is 0 Å². The number of amides is 1. The quantitative estimate of drug-likeness (QED) is 0.888. The van der Waals surface area contributed by atoms with E-state index in [1.165, 1.54) is 12.1 Å². The van der Waals surface area contributed by atoms with Gasteiger partial charge in [0.2, 0.25) is 0 Å². The third-order valence-corrected chi connectivity index (χ3v) is 4.44. The average Bonchev–Trinajstić information content (AvgIpc) is 2.95. The summed E-state index contributed by atoms with van der Waals surface area (Å²) in [5.74, 6) is -0.560. The molecule has 0 radical (unpaired) electrons. The fourth-order valence-electron chi connectivity index (χ4n) is 3.04. The Morgan fingerprint density at radius 1 is 1.40 bits per heavy atom. The highest BCUT2D eigenvalue weighted by atomic mass is 19.4. The van der Waals surface area contributed by atoms with Gasteiger partial charge in [-0.3, -0.25) is 9.48 Å². The molecule has 1 aromatic carbocycles. The molecule has 2 aromatic rings. The fourth-order valence-corrected chi connectivity index (χ4v) is 3.04. The fraction of sp³-hybridized carbons (Fsp3) is 0.412. The lowest BCUT2D eigenvalue weighted by molar-refractivity contribution is -0.137. The summed E-state index contributed by atoms with van der Waals surface area (Å²) in [5, 5.41) is 16.4.